The van der Waals surface area contributed by atoms with Crippen molar-refractivity contribution in [2.24, 2.45) is 5.41 Å². The Kier molecular flexibility index (Phi) is 5.52. The molecule has 0 aliphatic carbocycles. The normalized spacial score (nSPS) is 12.8. The van der Waals surface area contributed by atoms with Gasteiger partial charge in [-0.1, -0.05) is 51.1 Å². The molecule has 1 rings (SSSR count). The third-order valence-corrected chi connectivity index (χ3v) is 3.33. The van der Waals surface area contributed by atoms with Gasteiger partial charge >= 0.3 is 0 Å². The van der Waals surface area contributed by atoms with Crippen LogP contribution >= 0.6 is 0 Å². The van der Waals surface area contributed by atoms with E-state index < -0.39 is 0 Å². The Morgan fingerprint density at radius 1 is 0.950 bits per heavy atom. The third-order valence-electron chi connectivity index (χ3n) is 3.33. The van der Waals surface area contributed by atoms with Crippen LogP contribution in [-0.2, 0) is 0 Å². The van der Waals surface area contributed by atoms with Crippen LogP contribution in [-0.4, -0.2) is 22.8 Å². The van der Waals surface area contributed by atoms with Crippen LogP contribution in [0.3, 0.4) is 0 Å². The highest BCUT2D eigenvalue weighted by Gasteiger charge is 2.40. The Balaban J connectivity index is 3.23. The number of carbonyl (C=O) groups excluding carboxylic acids is 1. The SMILES string of the molecule is CC(C)N([C](C(=O)c1ccccc1)C(C)(C)C)C(C)C. The lowest BCUT2D eigenvalue weighted by Crippen LogP contribution is -2.49. The molecule has 1 aromatic rings. The molecule has 2 nitrogen and oxygen atoms in total. The lowest BCUT2D eigenvalue weighted by atomic mass is 9.80. The first-order chi connectivity index (χ1) is 9.16. The van der Waals surface area contributed by atoms with Gasteiger partial charge in [-0.15, -0.1) is 0 Å². The van der Waals surface area contributed by atoms with Crippen LogP contribution in [0.5, 0.6) is 0 Å². The summed E-state index contributed by atoms with van der Waals surface area (Å²) < 4.78 is 0. The predicted octanol–water partition coefficient (Wildman–Crippen LogP) is 4.57. The number of ketones is 1. The lowest BCUT2D eigenvalue weighted by Gasteiger charge is -2.43. The van der Waals surface area contributed by atoms with Crippen molar-refractivity contribution >= 4 is 5.78 Å². The highest BCUT2D eigenvalue weighted by Crippen LogP contribution is 2.36. The zero-order valence-electron chi connectivity index (χ0n) is 13.9. The summed E-state index contributed by atoms with van der Waals surface area (Å²) in [7, 11) is 0. The molecule has 0 unspecified atom stereocenters. The molecule has 2 heteroatoms. The minimum atomic E-state index is -0.179. The van der Waals surface area contributed by atoms with E-state index in [0.29, 0.717) is 12.1 Å². The van der Waals surface area contributed by atoms with E-state index >= 15 is 0 Å². The van der Waals surface area contributed by atoms with Crippen molar-refractivity contribution < 1.29 is 4.79 Å². The van der Waals surface area contributed by atoms with Crippen molar-refractivity contribution in [3.05, 3.63) is 41.9 Å². The smallest absolute Gasteiger partial charge is 0.186 e. The molecule has 1 radical (unpaired) electrons. The van der Waals surface area contributed by atoms with Crippen molar-refractivity contribution in [3.63, 3.8) is 0 Å². The summed E-state index contributed by atoms with van der Waals surface area (Å²) in [6.45, 7) is 14.9. The summed E-state index contributed by atoms with van der Waals surface area (Å²) in [4.78, 5) is 15.2. The van der Waals surface area contributed by atoms with Crippen molar-refractivity contribution in [1.82, 2.24) is 4.90 Å². The van der Waals surface area contributed by atoms with Gasteiger partial charge in [-0.2, -0.15) is 0 Å². The fourth-order valence-electron chi connectivity index (χ4n) is 2.68. The molecule has 0 bridgehead atoms. The first-order valence-corrected chi connectivity index (χ1v) is 7.41. The second-order valence-electron chi connectivity index (χ2n) is 6.89. The number of carbonyl (C=O) groups is 1. The third kappa shape index (κ3) is 3.92. The molecular formula is C18H28NO. The Labute approximate surface area is 124 Å². The Morgan fingerprint density at radius 3 is 1.75 bits per heavy atom. The fraction of sp³-hybridized carbons (Fsp3) is 0.556. The summed E-state index contributed by atoms with van der Waals surface area (Å²) in [5.74, 6) is 0.139. The topological polar surface area (TPSA) is 20.3 Å². The molecule has 0 spiro atoms. The van der Waals surface area contributed by atoms with Crippen molar-refractivity contribution in [3.8, 4) is 0 Å². The molecule has 0 saturated heterocycles. The quantitative estimate of drug-likeness (QED) is 0.733. The van der Waals surface area contributed by atoms with E-state index in [4.69, 9.17) is 0 Å². The van der Waals surface area contributed by atoms with Crippen LogP contribution in [0, 0.1) is 11.5 Å². The largest absolute Gasteiger partial charge is 0.292 e. The first kappa shape index (κ1) is 16.9. The van der Waals surface area contributed by atoms with Gasteiger partial charge in [0.15, 0.2) is 5.78 Å². The number of hydrogen-bond donors (Lipinski definition) is 0. The molecule has 111 valence electrons. The maximum atomic E-state index is 13.0. The lowest BCUT2D eigenvalue weighted by molar-refractivity contribution is 0.0731. The molecule has 0 saturated carbocycles. The molecule has 0 aliphatic rings. The maximum absolute atomic E-state index is 13.0. The van der Waals surface area contributed by atoms with Crippen molar-refractivity contribution in [2.45, 2.75) is 60.5 Å². The minimum Gasteiger partial charge on any atom is -0.292 e. The Morgan fingerprint density at radius 2 is 1.40 bits per heavy atom. The van der Waals surface area contributed by atoms with E-state index in [1.165, 1.54) is 0 Å². The molecule has 0 atom stereocenters. The van der Waals surface area contributed by atoms with E-state index in [1.54, 1.807) is 0 Å². The highest BCUT2D eigenvalue weighted by atomic mass is 16.1. The van der Waals surface area contributed by atoms with Crippen LogP contribution in [0.25, 0.3) is 0 Å². The average molecular weight is 274 g/mol. The van der Waals surface area contributed by atoms with Gasteiger partial charge < -0.3 is 0 Å². The average Bonchev–Trinajstić information content (AvgIpc) is 2.33. The van der Waals surface area contributed by atoms with Crippen LogP contribution in [0.2, 0.25) is 0 Å². The number of hydrogen-bond acceptors (Lipinski definition) is 2. The van der Waals surface area contributed by atoms with Crippen LogP contribution in [0.4, 0.5) is 0 Å². The first-order valence-electron chi connectivity index (χ1n) is 7.41. The number of benzene rings is 1. The maximum Gasteiger partial charge on any atom is 0.186 e. The molecule has 0 heterocycles. The van der Waals surface area contributed by atoms with Gasteiger partial charge in [0.2, 0.25) is 0 Å². The zero-order valence-corrected chi connectivity index (χ0v) is 13.9. The van der Waals surface area contributed by atoms with Crippen LogP contribution in [0.15, 0.2) is 30.3 Å². The second kappa shape index (κ2) is 6.53. The number of rotatable bonds is 5. The van der Waals surface area contributed by atoms with Gasteiger partial charge in [-0.3, -0.25) is 9.69 Å². The number of Topliss-reactive ketones (excluding diaryl/α,β-unsaturated/α-hetero) is 1. The van der Waals surface area contributed by atoms with E-state index in [2.05, 4.69) is 53.4 Å². The van der Waals surface area contributed by atoms with Gasteiger partial charge in [0.25, 0.3) is 0 Å². The Hall–Kier alpha value is -1.15. The summed E-state index contributed by atoms with van der Waals surface area (Å²) in [5.41, 5.74) is 0.588. The van der Waals surface area contributed by atoms with E-state index in [-0.39, 0.29) is 11.2 Å². The summed E-state index contributed by atoms with van der Waals surface area (Å²) in [6, 6.07) is 11.1. The fourth-order valence-corrected chi connectivity index (χ4v) is 2.68. The van der Waals surface area contributed by atoms with Crippen molar-refractivity contribution in [1.29, 1.82) is 0 Å². The van der Waals surface area contributed by atoms with Gasteiger partial charge in [0, 0.05) is 17.6 Å². The summed E-state index contributed by atoms with van der Waals surface area (Å²) in [6.07, 6.45) is 0. The van der Waals surface area contributed by atoms with Gasteiger partial charge in [-0.05, 0) is 33.1 Å². The van der Waals surface area contributed by atoms with E-state index in [1.807, 2.05) is 30.3 Å². The molecule has 0 aromatic heterocycles. The number of nitrogens with zero attached hydrogens (tertiary/aromatic N) is 1. The van der Waals surface area contributed by atoms with E-state index in [0.717, 1.165) is 11.6 Å². The molecule has 0 N–H and O–H groups in total. The van der Waals surface area contributed by atoms with E-state index in [9.17, 15) is 4.79 Å². The standard InChI is InChI=1S/C18H28NO/c1-13(2)19(14(3)4)17(18(5,6)7)16(20)15-11-9-8-10-12-15/h8-14H,1-7H3. The molecule has 0 amide bonds. The van der Waals surface area contributed by atoms with Crippen molar-refractivity contribution in [2.75, 3.05) is 0 Å². The predicted molar refractivity (Wildman–Crippen MR) is 85.6 cm³/mol. The zero-order chi connectivity index (χ0) is 15.5. The second-order valence-corrected chi connectivity index (χ2v) is 6.89. The summed E-state index contributed by atoms with van der Waals surface area (Å²) >= 11 is 0. The summed E-state index contributed by atoms with van der Waals surface area (Å²) in [5, 5.41) is 0. The van der Waals surface area contributed by atoms with Gasteiger partial charge in [0.05, 0.1) is 0 Å². The van der Waals surface area contributed by atoms with Crippen LogP contribution in [0.1, 0.15) is 58.8 Å². The molecular weight excluding hydrogens is 246 g/mol. The highest BCUT2D eigenvalue weighted by molar-refractivity contribution is 6.06. The van der Waals surface area contributed by atoms with Crippen LogP contribution < -0.4 is 0 Å². The van der Waals surface area contributed by atoms with Gasteiger partial charge in [0.1, 0.15) is 6.04 Å². The molecule has 0 aliphatic heterocycles. The molecule has 1 aromatic carbocycles. The van der Waals surface area contributed by atoms with Gasteiger partial charge in [-0.25, -0.2) is 0 Å². The minimum absolute atomic E-state index is 0.139. The monoisotopic (exact) mass is 274 g/mol. The Bertz CT molecular complexity index is 420. The molecule has 20 heavy (non-hydrogen) atoms. The molecule has 0 fully saturated rings.